The predicted molar refractivity (Wildman–Crippen MR) is 372 cm³/mol. The number of rotatable bonds is 40. The Morgan fingerprint density at radius 1 is 0.257 bits per heavy atom. The first-order valence-electron chi connectivity index (χ1n) is 32.1. The van der Waals surface area contributed by atoms with Gasteiger partial charge in [-0.15, -0.1) is 0 Å². The Morgan fingerprint density at radius 3 is 0.762 bits per heavy atom. The third-order valence-corrected chi connectivity index (χ3v) is 14.3. The van der Waals surface area contributed by atoms with Crippen molar-refractivity contribution in [1.29, 1.82) is 0 Å². The first-order chi connectivity index (χ1) is 50.2. The van der Waals surface area contributed by atoms with Gasteiger partial charge in [-0.05, 0) is 89.5 Å². The summed E-state index contributed by atoms with van der Waals surface area (Å²) in [5, 5.41) is 0. The minimum absolute atomic E-state index is 0.0577. The number of ether oxygens (including phenoxy) is 20. The van der Waals surface area contributed by atoms with Crippen LogP contribution in [0, 0.1) is 5.41 Å². The lowest BCUT2D eigenvalue weighted by atomic mass is 9.92. The van der Waals surface area contributed by atoms with Crippen LogP contribution in [0.25, 0.3) is 11.1 Å². The van der Waals surface area contributed by atoms with Gasteiger partial charge in [0.15, 0.2) is 0 Å². The highest BCUT2D eigenvalue weighted by atomic mass is 16.6. The second kappa shape index (κ2) is 56.1. The molecular formula is C73H100O32. The third-order valence-electron chi connectivity index (χ3n) is 14.3. The molecule has 0 saturated carbocycles. The molecule has 4 aromatic rings. The highest BCUT2D eigenvalue weighted by molar-refractivity contribution is 6.00. The molecule has 32 nitrogen and oxygen atoms in total. The van der Waals surface area contributed by atoms with Crippen LogP contribution < -0.4 is 18.9 Å². The summed E-state index contributed by atoms with van der Waals surface area (Å²) in [7, 11) is 21.9. The molecule has 0 spiro atoms. The molecule has 584 valence electrons. The SMILES string of the molecule is COC(=O)CCC(=O)OC.COC(=O)CCOCC(COCCC(=O)OC)(COCCC(=O)OC)COCCC(=O)OC.COC(=O)CCc1ccc(CCC(=O)OC)c(CCC(=O)OC)c1.COC(=O)c1cc(C(=O)OC)cc(C(=O)OC)c1.COc1cc(OC)cc(-c2cc(OC)cc(OC)c2)c1. The van der Waals surface area contributed by atoms with Gasteiger partial charge in [-0.1, -0.05) is 18.2 Å². The maximum Gasteiger partial charge on any atom is 0.337 e. The summed E-state index contributed by atoms with van der Waals surface area (Å²) >= 11 is 0. The average Bonchev–Trinajstić information content (AvgIpc) is 0.835. The smallest absolute Gasteiger partial charge is 0.337 e. The van der Waals surface area contributed by atoms with E-state index in [0.717, 1.165) is 50.8 Å². The van der Waals surface area contributed by atoms with E-state index in [0.29, 0.717) is 25.7 Å². The molecule has 0 atom stereocenters. The van der Waals surface area contributed by atoms with Crippen LogP contribution in [0.15, 0.2) is 72.8 Å². The number of methoxy groups -OCH3 is 16. The number of hydrogen-bond acceptors (Lipinski definition) is 32. The fraction of sp³-hybridized carbons (Fsp3) is 0.507. The van der Waals surface area contributed by atoms with E-state index in [4.69, 9.17) is 37.9 Å². The number of hydrogen-bond donors (Lipinski definition) is 0. The number of esters is 12. The number of carbonyl (C=O) groups excluding carboxylic acids is 12. The molecule has 105 heavy (non-hydrogen) atoms. The first kappa shape index (κ1) is 94.6. The van der Waals surface area contributed by atoms with Crippen molar-refractivity contribution < 1.29 is 152 Å². The first-order valence-corrected chi connectivity index (χ1v) is 32.1. The highest BCUT2D eigenvalue weighted by Gasteiger charge is 2.33. The van der Waals surface area contributed by atoms with Crippen LogP contribution in [0.1, 0.15) is 106 Å². The Bertz CT molecular complexity index is 3040. The molecule has 0 saturated heterocycles. The summed E-state index contributed by atoms with van der Waals surface area (Å²) in [6, 6.07) is 21.1. The Hall–Kier alpha value is -10.4. The van der Waals surface area contributed by atoms with Crippen molar-refractivity contribution in [3.63, 3.8) is 0 Å². The largest absolute Gasteiger partial charge is 0.497 e. The number of benzene rings is 4. The zero-order chi connectivity index (χ0) is 79.1. The second-order valence-electron chi connectivity index (χ2n) is 21.5. The Kier molecular flexibility index (Phi) is 50.5. The summed E-state index contributed by atoms with van der Waals surface area (Å²) in [6.45, 7) is 0.721. The molecule has 32 heteroatoms. The van der Waals surface area contributed by atoms with Crippen LogP contribution in [0.4, 0.5) is 0 Å². The lowest BCUT2D eigenvalue weighted by Crippen LogP contribution is -2.42. The van der Waals surface area contributed by atoms with Crippen molar-refractivity contribution >= 4 is 71.6 Å². The van der Waals surface area contributed by atoms with E-state index in [1.165, 1.54) is 104 Å². The van der Waals surface area contributed by atoms with Crippen LogP contribution in [0.3, 0.4) is 0 Å². The zero-order valence-electron chi connectivity index (χ0n) is 62.6. The molecule has 0 N–H and O–H groups in total. The van der Waals surface area contributed by atoms with Crippen molar-refractivity contribution in [1.82, 2.24) is 0 Å². The zero-order valence-corrected chi connectivity index (χ0v) is 62.6. The van der Waals surface area contributed by atoms with E-state index < -0.39 is 59.1 Å². The van der Waals surface area contributed by atoms with Gasteiger partial charge in [-0.3, -0.25) is 43.2 Å². The van der Waals surface area contributed by atoms with Crippen LogP contribution in [0.2, 0.25) is 0 Å². The predicted octanol–water partition coefficient (Wildman–Crippen LogP) is 6.84. The summed E-state index contributed by atoms with van der Waals surface area (Å²) in [5.41, 5.74) is 4.26. The van der Waals surface area contributed by atoms with Crippen molar-refractivity contribution in [3.05, 3.63) is 106 Å². The van der Waals surface area contributed by atoms with E-state index in [2.05, 4.69) is 56.8 Å². The van der Waals surface area contributed by atoms with E-state index in [1.807, 2.05) is 54.6 Å². The number of carbonyl (C=O) groups is 12. The molecule has 4 rings (SSSR count). The molecule has 0 heterocycles. The second-order valence-corrected chi connectivity index (χ2v) is 21.5. The van der Waals surface area contributed by atoms with Crippen molar-refractivity contribution in [2.75, 3.05) is 167 Å². The average molecular weight is 1490 g/mol. The standard InChI is InChI=1S/C21H36O12.C18H24O6.C16H18O4.C12H12O6.C6H10O4/c1-26-17(22)5-9-30-13-21(14-31-10-6-18(23)27-2,15-32-11-7-19(24)28-3)16-33-12-8-20(25)29-4;1-22-16(19)9-5-13-4-6-14(7-10-17(20)23-2)15(12-13)8-11-18(21)24-3;1-17-13-5-11(6-14(9-13)18-2)12-7-15(19-3)10-16(8-12)20-4;1-16-10(13)7-4-8(11(14)17-2)6-9(5-7)12(15)18-3;1-9-5(7)3-4-6(8)10-2/h5-16H2,1-4H3;4,6,12H,5,7-11H2,1-3H3;5-10H,1-4H3;4-6H,1-3H3;3-4H2,1-2H3. The minimum atomic E-state index is -0.849. The third kappa shape index (κ3) is 40.9. The molecule has 4 aromatic carbocycles. The van der Waals surface area contributed by atoms with Crippen molar-refractivity contribution in [2.24, 2.45) is 5.41 Å². The molecule has 0 radical (unpaired) electrons. The Morgan fingerprint density at radius 2 is 0.505 bits per heavy atom. The minimum Gasteiger partial charge on any atom is -0.497 e. The van der Waals surface area contributed by atoms with Crippen LogP contribution in [0.5, 0.6) is 23.0 Å². The number of aryl methyl sites for hydroxylation is 3. The fourth-order valence-corrected chi connectivity index (χ4v) is 8.46. The van der Waals surface area contributed by atoms with Gasteiger partial charge in [0.1, 0.15) is 23.0 Å². The summed E-state index contributed by atoms with van der Waals surface area (Å²) in [5.74, 6) is -2.32. The molecule has 0 aliphatic heterocycles. The molecular weight excluding hydrogens is 1390 g/mol. The van der Waals surface area contributed by atoms with Crippen molar-refractivity contribution in [3.8, 4) is 34.1 Å². The molecule has 0 bridgehead atoms. The lowest BCUT2D eigenvalue weighted by molar-refractivity contribution is -0.147. The van der Waals surface area contributed by atoms with E-state index in [1.54, 1.807) is 28.4 Å². The van der Waals surface area contributed by atoms with Crippen LogP contribution in [-0.2, 0) is 138 Å². The van der Waals surface area contributed by atoms with Crippen LogP contribution in [-0.4, -0.2) is 238 Å². The van der Waals surface area contributed by atoms with Crippen LogP contribution >= 0.6 is 0 Å². The van der Waals surface area contributed by atoms with Gasteiger partial charge in [0.25, 0.3) is 0 Å². The molecule has 0 unspecified atom stereocenters. The maximum absolute atomic E-state index is 11.4. The van der Waals surface area contributed by atoms with E-state index >= 15 is 0 Å². The molecule has 0 aliphatic carbocycles. The van der Waals surface area contributed by atoms with Gasteiger partial charge in [-0.25, -0.2) is 14.4 Å². The van der Waals surface area contributed by atoms with Gasteiger partial charge in [0.2, 0.25) is 0 Å². The summed E-state index contributed by atoms with van der Waals surface area (Å²) in [4.78, 5) is 134. The van der Waals surface area contributed by atoms with Gasteiger partial charge in [-0.2, -0.15) is 0 Å². The normalized spacial score (nSPS) is 10.1. The maximum atomic E-state index is 11.4. The lowest BCUT2D eigenvalue weighted by Gasteiger charge is -2.33. The monoisotopic (exact) mass is 1490 g/mol. The highest BCUT2D eigenvalue weighted by Crippen LogP contribution is 2.34. The summed E-state index contributed by atoms with van der Waals surface area (Å²) in [6.07, 6.45) is 2.88. The van der Waals surface area contributed by atoms with Gasteiger partial charge in [0, 0.05) is 31.4 Å². The van der Waals surface area contributed by atoms with Gasteiger partial charge in [0.05, 0.1) is 227 Å². The van der Waals surface area contributed by atoms with Gasteiger partial charge >= 0.3 is 71.6 Å². The molecule has 0 amide bonds. The molecule has 0 fully saturated rings. The molecule has 0 aromatic heterocycles. The van der Waals surface area contributed by atoms with Crippen molar-refractivity contribution in [2.45, 2.75) is 77.0 Å². The van der Waals surface area contributed by atoms with E-state index in [9.17, 15) is 57.5 Å². The quantitative estimate of drug-likeness (QED) is 0.0250. The molecule has 0 aliphatic rings. The van der Waals surface area contributed by atoms with Gasteiger partial charge < -0.3 is 94.7 Å². The summed E-state index contributed by atoms with van der Waals surface area (Å²) < 4.78 is 98.3. The van der Waals surface area contributed by atoms with E-state index in [-0.39, 0.29) is 139 Å². The Labute approximate surface area is 611 Å². The Balaban J connectivity index is 0.00000134. The fourth-order valence-electron chi connectivity index (χ4n) is 8.46. The topological polar surface area (TPSA) is 389 Å².